The second kappa shape index (κ2) is 8.97. The van der Waals surface area contributed by atoms with Gasteiger partial charge < -0.3 is 9.47 Å². The summed E-state index contributed by atoms with van der Waals surface area (Å²) in [6.07, 6.45) is 1.87. The highest BCUT2D eigenvalue weighted by Crippen LogP contribution is 2.23. The molecule has 1 heterocycles. The molecule has 0 amide bonds. The van der Waals surface area contributed by atoms with E-state index < -0.39 is 0 Å². The first kappa shape index (κ1) is 19.3. The molecule has 29 heavy (non-hydrogen) atoms. The highest BCUT2D eigenvalue weighted by atomic mass is 16.5. The summed E-state index contributed by atoms with van der Waals surface area (Å²) in [7, 11) is 3.32. The van der Waals surface area contributed by atoms with Gasteiger partial charge >= 0.3 is 0 Å². The second-order valence-corrected chi connectivity index (χ2v) is 7.22. The summed E-state index contributed by atoms with van der Waals surface area (Å²) in [6.45, 7) is 4.81. The van der Waals surface area contributed by atoms with Crippen molar-refractivity contribution in [2.24, 2.45) is 5.10 Å². The molecule has 3 aromatic rings. The summed E-state index contributed by atoms with van der Waals surface area (Å²) in [4.78, 5) is 2.50. The van der Waals surface area contributed by atoms with Crippen molar-refractivity contribution in [3.63, 3.8) is 0 Å². The van der Waals surface area contributed by atoms with Gasteiger partial charge in [0.15, 0.2) is 0 Å². The van der Waals surface area contributed by atoms with Gasteiger partial charge in [0.05, 0.1) is 20.4 Å². The molecular formula is C24H27N3O2. The maximum absolute atomic E-state index is 5.45. The maximum atomic E-state index is 5.45. The van der Waals surface area contributed by atoms with Gasteiger partial charge in [-0.15, -0.1) is 0 Å². The molecule has 1 fully saturated rings. The van der Waals surface area contributed by atoms with Gasteiger partial charge in [-0.2, -0.15) is 5.10 Å². The van der Waals surface area contributed by atoms with Crippen molar-refractivity contribution in [1.29, 1.82) is 0 Å². The smallest absolute Gasteiger partial charge is 0.131 e. The van der Waals surface area contributed by atoms with E-state index in [0.717, 1.165) is 49.8 Å². The number of hydrogen-bond donors (Lipinski definition) is 0. The van der Waals surface area contributed by atoms with Crippen molar-refractivity contribution < 1.29 is 9.47 Å². The fourth-order valence-electron chi connectivity index (χ4n) is 3.75. The van der Waals surface area contributed by atoms with Crippen LogP contribution < -0.4 is 9.47 Å². The lowest BCUT2D eigenvalue weighted by Crippen LogP contribution is -2.43. The molecule has 1 aliphatic rings. The van der Waals surface area contributed by atoms with E-state index in [0.29, 0.717) is 0 Å². The van der Waals surface area contributed by atoms with Gasteiger partial charge in [0.2, 0.25) is 0 Å². The van der Waals surface area contributed by atoms with E-state index in [1.165, 1.54) is 16.3 Å². The van der Waals surface area contributed by atoms with Crippen LogP contribution in [0.4, 0.5) is 0 Å². The van der Waals surface area contributed by atoms with Crippen LogP contribution in [0.2, 0.25) is 0 Å². The molecule has 1 saturated heterocycles. The molecule has 3 aromatic carbocycles. The van der Waals surface area contributed by atoms with E-state index in [4.69, 9.17) is 9.47 Å². The van der Waals surface area contributed by atoms with Gasteiger partial charge in [-0.25, -0.2) is 0 Å². The zero-order valence-electron chi connectivity index (χ0n) is 17.0. The van der Waals surface area contributed by atoms with Crippen molar-refractivity contribution >= 4 is 17.0 Å². The van der Waals surface area contributed by atoms with Gasteiger partial charge in [-0.1, -0.05) is 42.5 Å². The quantitative estimate of drug-likeness (QED) is 0.597. The van der Waals surface area contributed by atoms with Crippen molar-refractivity contribution in [1.82, 2.24) is 9.91 Å². The van der Waals surface area contributed by atoms with Crippen LogP contribution >= 0.6 is 0 Å². The highest BCUT2D eigenvalue weighted by Gasteiger charge is 2.16. The van der Waals surface area contributed by atoms with Gasteiger partial charge in [0, 0.05) is 44.4 Å². The summed E-state index contributed by atoms with van der Waals surface area (Å²) in [5.74, 6) is 1.55. The lowest BCUT2D eigenvalue weighted by Gasteiger charge is -2.33. The molecular weight excluding hydrogens is 362 g/mol. The lowest BCUT2D eigenvalue weighted by molar-refractivity contribution is 0.131. The standard InChI is InChI=1S/C24H27N3O2/c1-28-22-11-10-20(24(16-22)29-2)17-25-27-14-12-26(13-15-27)18-21-8-5-7-19-6-3-4-9-23(19)21/h3-11,16-17H,12-15,18H2,1-2H3/b25-17-. The number of nitrogens with zero attached hydrogens (tertiary/aromatic N) is 3. The molecule has 0 aliphatic carbocycles. The second-order valence-electron chi connectivity index (χ2n) is 7.22. The van der Waals surface area contributed by atoms with Crippen molar-refractivity contribution in [3.05, 3.63) is 71.8 Å². The molecule has 0 spiro atoms. The zero-order chi connectivity index (χ0) is 20.1. The van der Waals surface area contributed by atoms with Crippen LogP contribution in [-0.4, -0.2) is 56.5 Å². The molecule has 0 atom stereocenters. The Kier molecular flexibility index (Phi) is 5.96. The Balaban J connectivity index is 1.37. The van der Waals surface area contributed by atoms with Gasteiger partial charge in [0.25, 0.3) is 0 Å². The van der Waals surface area contributed by atoms with Crippen molar-refractivity contribution in [2.75, 3.05) is 40.4 Å². The van der Waals surface area contributed by atoms with Crippen LogP contribution in [0.25, 0.3) is 10.8 Å². The summed E-state index contributed by atoms with van der Waals surface area (Å²) in [5.41, 5.74) is 2.34. The first-order valence-electron chi connectivity index (χ1n) is 9.97. The Morgan fingerprint density at radius 1 is 0.897 bits per heavy atom. The Labute approximate surface area is 172 Å². The van der Waals surface area contributed by atoms with Gasteiger partial charge in [-0.3, -0.25) is 9.91 Å². The minimum atomic E-state index is 0.766. The number of rotatable bonds is 6. The van der Waals surface area contributed by atoms with Crippen LogP contribution in [-0.2, 0) is 6.54 Å². The van der Waals surface area contributed by atoms with Crippen LogP contribution in [0.3, 0.4) is 0 Å². The monoisotopic (exact) mass is 389 g/mol. The molecule has 150 valence electrons. The predicted molar refractivity (Wildman–Crippen MR) is 118 cm³/mol. The molecule has 5 heteroatoms. The molecule has 0 saturated carbocycles. The van der Waals surface area contributed by atoms with E-state index in [1.807, 2.05) is 24.4 Å². The van der Waals surface area contributed by atoms with E-state index in [1.54, 1.807) is 14.2 Å². The highest BCUT2D eigenvalue weighted by molar-refractivity contribution is 5.85. The average molecular weight is 389 g/mol. The number of piperazine rings is 1. The summed E-state index contributed by atoms with van der Waals surface area (Å²) >= 11 is 0. The molecule has 0 radical (unpaired) electrons. The van der Waals surface area contributed by atoms with E-state index in [2.05, 4.69) is 57.5 Å². The number of ether oxygens (including phenoxy) is 2. The summed E-state index contributed by atoms with van der Waals surface area (Å²) < 4.78 is 10.7. The third kappa shape index (κ3) is 4.51. The first-order valence-corrected chi connectivity index (χ1v) is 9.97. The normalized spacial score (nSPS) is 15.2. The number of benzene rings is 3. The number of fused-ring (bicyclic) bond motifs is 1. The fourth-order valence-corrected chi connectivity index (χ4v) is 3.75. The van der Waals surface area contributed by atoms with Gasteiger partial charge in [-0.05, 0) is 28.5 Å². The third-order valence-electron chi connectivity index (χ3n) is 5.42. The van der Waals surface area contributed by atoms with Crippen LogP contribution in [0.1, 0.15) is 11.1 Å². The molecule has 0 bridgehead atoms. The number of methoxy groups -OCH3 is 2. The molecule has 0 aromatic heterocycles. The average Bonchev–Trinajstić information content (AvgIpc) is 2.78. The van der Waals surface area contributed by atoms with Crippen molar-refractivity contribution in [3.8, 4) is 11.5 Å². The van der Waals surface area contributed by atoms with Crippen molar-refractivity contribution in [2.45, 2.75) is 6.54 Å². The van der Waals surface area contributed by atoms with Crippen LogP contribution in [0.15, 0.2) is 65.8 Å². The SMILES string of the molecule is COc1ccc(/C=N\N2CCN(Cc3cccc4ccccc34)CC2)c(OC)c1. The number of hydrogen-bond acceptors (Lipinski definition) is 5. The Morgan fingerprint density at radius 3 is 2.48 bits per heavy atom. The first-order chi connectivity index (χ1) is 14.3. The molecule has 0 unspecified atom stereocenters. The maximum Gasteiger partial charge on any atom is 0.131 e. The minimum absolute atomic E-state index is 0.766. The molecule has 1 aliphatic heterocycles. The lowest BCUT2D eigenvalue weighted by atomic mass is 10.0. The Bertz CT molecular complexity index is 989. The fraction of sp³-hybridized carbons (Fsp3) is 0.292. The van der Waals surface area contributed by atoms with E-state index in [-0.39, 0.29) is 0 Å². The number of hydrazone groups is 1. The van der Waals surface area contributed by atoms with Crippen LogP contribution in [0, 0.1) is 0 Å². The molecule has 4 rings (SSSR count). The molecule has 5 nitrogen and oxygen atoms in total. The van der Waals surface area contributed by atoms with Crippen LogP contribution in [0.5, 0.6) is 11.5 Å². The topological polar surface area (TPSA) is 37.3 Å². The minimum Gasteiger partial charge on any atom is -0.497 e. The Hall–Kier alpha value is -3.05. The predicted octanol–water partition coefficient (Wildman–Crippen LogP) is 4.01. The summed E-state index contributed by atoms with van der Waals surface area (Å²) in [5, 5.41) is 9.45. The Morgan fingerprint density at radius 2 is 1.69 bits per heavy atom. The zero-order valence-corrected chi connectivity index (χ0v) is 17.0. The molecule has 0 N–H and O–H groups in total. The van der Waals surface area contributed by atoms with Gasteiger partial charge in [0.1, 0.15) is 11.5 Å². The van der Waals surface area contributed by atoms with E-state index in [9.17, 15) is 0 Å². The third-order valence-corrected chi connectivity index (χ3v) is 5.42. The largest absolute Gasteiger partial charge is 0.497 e. The summed E-state index contributed by atoms with van der Waals surface area (Å²) in [6, 6.07) is 21.0. The van der Waals surface area contributed by atoms with E-state index >= 15 is 0 Å².